The minimum absolute atomic E-state index is 0.0169. The summed E-state index contributed by atoms with van der Waals surface area (Å²) in [6, 6.07) is 15.0. The van der Waals surface area contributed by atoms with Gasteiger partial charge in [-0.05, 0) is 41.3 Å². The standard InChI is InChI=1S/C27H29N5O6S.C2H2O4/c1-27(2,3)18-10-12-19(13-11-18)39(34,35)32-23-22(38-21-9-6-5-8-20(21)36-4)26(37-17-16-33)31-25(30-23)24-28-14-7-15-29-24;3-1(4)2(5)6/h5-15,33H,16-17H2,1-4H3,(H,30,31,32);(H,3,4)(H,5,6). The average molecular weight is 642 g/mol. The Morgan fingerprint density at radius 2 is 1.47 bits per heavy atom. The summed E-state index contributed by atoms with van der Waals surface area (Å²) in [6.07, 6.45) is 3.00. The van der Waals surface area contributed by atoms with Crippen LogP contribution in [0.15, 0.2) is 71.9 Å². The number of nitrogens with zero attached hydrogens (tertiary/aromatic N) is 4. The van der Waals surface area contributed by atoms with Gasteiger partial charge in [-0.25, -0.2) is 33.0 Å². The first kappa shape index (κ1) is 34.1. The highest BCUT2D eigenvalue weighted by Gasteiger charge is 2.26. The molecule has 4 N–H and O–H groups in total. The minimum Gasteiger partial charge on any atom is -0.493 e. The monoisotopic (exact) mass is 641 g/mol. The van der Waals surface area contributed by atoms with Gasteiger partial charge in [0.15, 0.2) is 23.1 Å². The Morgan fingerprint density at radius 3 is 2.00 bits per heavy atom. The number of aliphatic carboxylic acids is 2. The molecule has 0 aliphatic rings. The van der Waals surface area contributed by atoms with E-state index in [2.05, 4.69) is 24.7 Å². The van der Waals surface area contributed by atoms with Crippen molar-refractivity contribution < 1.29 is 47.5 Å². The number of aliphatic hydroxyl groups is 1. The Hall–Kier alpha value is -5.35. The number of ether oxygens (including phenoxy) is 3. The number of aromatic nitrogens is 4. The van der Waals surface area contributed by atoms with Crippen LogP contribution in [0.1, 0.15) is 26.3 Å². The summed E-state index contributed by atoms with van der Waals surface area (Å²) in [7, 11) is -2.66. The summed E-state index contributed by atoms with van der Waals surface area (Å²) in [6.45, 7) is 5.65. The second-order valence-corrected chi connectivity index (χ2v) is 11.6. The Labute approximate surface area is 258 Å². The molecule has 0 atom stereocenters. The zero-order chi connectivity index (χ0) is 33.2. The molecule has 0 amide bonds. The van der Waals surface area contributed by atoms with Gasteiger partial charge in [-0.2, -0.15) is 4.98 Å². The third kappa shape index (κ3) is 9.32. The molecule has 0 spiro atoms. The number of nitrogens with one attached hydrogen (secondary N) is 1. The number of carboxylic acids is 2. The zero-order valence-corrected chi connectivity index (χ0v) is 25.5. The van der Waals surface area contributed by atoms with Crippen molar-refractivity contribution in [1.82, 2.24) is 19.9 Å². The Balaban J connectivity index is 0.000000838. The lowest BCUT2D eigenvalue weighted by Crippen LogP contribution is -2.17. The molecule has 0 unspecified atom stereocenters. The van der Waals surface area contributed by atoms with Crippen LogP contribution in [0.4, 0.5) is 5.82 Å². The van der Waals surface area contributed by atoms with E-state index in [1.54, 1.807) is 42.5 Å². The SMILES string of the molecule is COc1ccccc1Oc1c(NS(=O)(=O)c2ccc(C(C)(C)C)cc2)nc(-c2ncccn2)nc1OCCO.O=C(O)C(=O)O. The van der Waals surface area contributed by atoms with Crippen LogP contribution in [0.5, 0.6) is 23.1 Å². The molecule has 0 saturated carbocycles. The molecule has 15 nitrogen and oxygen atoms in total. The zero-order valence-electron chi connectivity index (χ0n) is 24.7. The lowest BCUT2D eigenvalue weighted by Gasteiger charge is -2.20. The molecule has 0 radical (unpaired) electrons. The van der Waals surface area contributed by atoms with Crippen molar-refractivity contribution in [2.45, 2.75) is 31.1 Å². The number of para-hydroxylation sites is 2. The van der Waals surface area contributed by atoms with Crippen molar-refractivity contribution in [3.05, 3.63) is 72.6 Å². The fourth-order valence-corrected chi connectivity index (χ4v) is 4.48. The normalized spacial score (nSPS) is 11.0. The van der Waals surface area contributed by atoms with Crippen LogP contribution in [0.25, 0.3) is 11.6 Å². The molecule has 4 rings (SSSR count). The molecule has 4 aromatic rings. The number of carbonyl (C=O) groups is 2. The number of methoxy groups -OCH3 is 1. The van der Waals surface area contributed by atoms with Crippen molar-refractivity contribution in [3.63, 3.8) is 0 Å². The number of anilines is 1. The Bertz CT molecular complexity index is 1720. The molecule has 0 aliphatic heterocycles. The molecular weight excluding hydrogens is 610 g/mol. The summed E-state index contributed by atoms with van der Waals surface area (Å²) >= 11 is 0. The van der Waals surface area contributed by atoms with E-state index >= 15 is 0 Å². The fourth-order valence-electron chi connectivity index (χ4n) is 3.48. The smallest absolute Gasteiger partial charge is 0.414 e. The van der Waals surface area contributed by atoms with Crippen molar-refractivity contribution >= 4 is 27.8 Å². The topological polar surface area (TPSA) is 220 Å². The highest BCUT2D eigenvalue weighted by Crippen LogP contribution is 2.41. The van der Waals surface area contributed by atoms with Gasteiger partial charge < -0.3 is 29.5 Å². The number of benzene rings is 2. The van der Waals surface area contributed by atoms with E-state index < -0.39 is 22.0 Å². The summed E-state index contributed by atoms with van der Waals surface area (Å²) in [5, 5.41) is 24.2. The third-order valence-electron chi connectivity index (χ3n) is 5.66. The van der Waals surface area contributed by atoms with Crippen molar-refractivity contribution in [2.75, 3.05) is 25.0 Å². The number of carboxylic acid groups (broad SMARTS) is 2. The van der Waals surface area contributed by atoms with Gasteiger partial charge >= 0.3 is 11.9 Å². The van der Waals surface area contributed by atoms with E-state index in [9.17, 15) is 13.5 Å². The molecule has 45 heavy (non-hydrogen) atoms. The van der Waals surface area contributed by atoms with Crippen LogP contribution in [0, 0.1) is 0 Å². The molecule has 2 aromatic carbocycles. The number of sulfonamides is 1. The van der Waals surface area contributed by atoms with E-state index in [1.807, 2.05) is 20.8 Å². The second kappa shape index (κ2) is 14.9. The number of hydrogen-bond donors (Lipinski definition) is 4. The van der Waals surface area contributed by atoms with Gasteiger partial charge in [-0.3, -0.25) is 4.72 Å². The van der Waals surface area contributed by atoms with Gasteiger partial charge in [0.2, 0.25) is 11.6 Å². The molecule has 2 heterocycles. The number of hydrogen-bond acceptors (Lipinski definition) is 12. The van der Waals surface area contributed by atoms with E-state index in [0.717, 1.165) is 5.56 Å². The Kier molecular flexibility index (Phi) is 11.3. The van der Waals surface area contributed by atoms with Crippen LogP contribution in [-0.4, -0.2) is 75.9 Å². The predicted octanol–water partition coefficient (Wildman–Crippen LogP) is 3.36. The molecule has 0 saturated heterocycles. The van der Waals surface area contributed by atoms with Crippen LogP contribution >= 0.6 is 0 Å². The van der Waals surface area contributed by atoms with Crippen molar-refractivity contribution in [2.24, 2.45) is 0 Å². The minimum atomic E-state index is -4.14. The molecule has 0 fully saturated rings. The molecule has 0 aliphatic carbocycles. The van der Waals surface area contributed by atoms with Crippen LogP contribution in [-0.2, 0) is 25.0 Å². The lowest BCUT2D eigenvalue weighted by molar-refractivity contribution is -0.159. The quantitative estimate of drug-likeness (QED) is 0.182. The second-order valence-electron chi connectivity index (χ2n) is 9.92. The maximum absolute atomic E-state index is 13.5. The van der Waals surface area contributed by atoms with E-state index in [-0.39, 0.29) is 58.4 Å². The van der Waals surface area contributed by atoms with Crippen LogP contribution < -0.4 is 18.9 Å². The largest absolute Gasteiger partial charge is 0.493 e. The molecule has 0 bridgehead atoms. The maximum atomic E-state index is 13.5. The van der Waals surface area contributed by atoms with Crippen molar-refractivity contribution in [3.8, 4) is 34.8 Å². The predicted molar refractivity (Wildman–Crippen MR) is 160 cm³/mol. The molecule has 16 heteroatoms. The summed E-state index contributed by atoms with van der Waals surface area (Å²) < 4.78 is 46.6. The maximum Gasteiger partial charge on any atom is 0.414 e. The third-order valence-corrected chi connectivity index (χ3v) is 7.01. The van der Waals surface area contributed by atoms with Gasteiger partial charge in [0, 0.05) is 12.4 Å². The highest BCUT2D eigenvalue weighted by atomic mass is 32.2. The van der Waals surface area contributed by atoms with Crippen LogP contribution in [0.2, 0.25) is 0 Å². The first-order chi connectivity index (χ1) is 21.3. The first-order valence-electron chi connectivity index (χ1n) is 13.1. The lowest BCUT2D eigenvalue weighted by atomic mass is 9.87. The summed E-state index contributed by atoms with van der Waals surface area (Å²) in [4.78, 5) is 35.3. The number of rotatable bonds is 10. The number of aliphatic hydroxyl groups excluding tert-OH is 1. The van der Waals surface area contributed by atoms with Gasteiger partial charge in [-0.15, -0.1) is 0 Å². The molecular formula is C29H31N5O10S. The van der Waals surface area contributed by atoms with Gasteiger partial charge in [0.05, 0.1) is 18.6 Å². The average Bonchev–Trinajstić information content (AvgIpc) is 3.01. The fraction of sp³-hybridized carbons (Fsp3) is 0.241. The highest BCUT2D eigenvalue weighted by molar-refractivity contribution is 7.92. The van der Waals surface area contributed by atoms with Crippen LogP contribution in [0.3, 0.4) is 0 Å². The first-order valence-corrected chi connectivity index (χ1v) is 14.6. The van der Waals surface area contributed by atoms with Gasteiger partial charge in [0.1, 0.15) is 6.61 Å². The Morgan fingerprint density at radius 1 is 0.867 bits per heavy atom. The van der Waals surface area contributed by atoms with E-state index in [0.29, 0.717) is 5.75 Å². The van der Waals surface area contributed by atoms with Crippen molar-refractivity contribution in [1.29, 1.82) is 0 Å². The molecule has 2 aromatic heterocycles. The summed E-state index contributed by atoms with van der Waals surface area (Å²) in [5.74, 6) is -3.38. The van der Waals surface area contributed by atoms with E-state index in [4.69, 9.17) is 34.0 Å². The summed E-state index contributed by atoms with van der Waals surface area (Å²) in [5.41, 5.74) is 0.827. The van der Waals surface area contributed by atoms with Gasteiger partial charge in [0.25, 0.3) is 15.9 Å². The van der Waals surface area contributed by atoms with E-state index in [1.165, 1.54) is 31.6 Å². The van der Waals surface area contributed by atoms with Gasteiger partial charge in [-0.1, -0.05) is 45.0 Å². The molecule has 238 valence electrons.